The van der Waals surface area contributed by atoms with E-state index >= 15 is 0 Å². The molecule has 2 aromatic rings. The molecule has 0 atom stereocenters. The molecule has 0 heterocycles. The first-order valence-electron chi connectivity index (χ1n) is 6.85. The van der Waals surface area contributed by atoms with E-state index in [1.165, 1.54) is 12.1 Å². The number of hydrogen-bond donors (Lipinski definition) is 2. The smallest absolute Gasteiger partial charge is 0.159 e. The standard InChI is InChI=1S/C16H16F4N2/c17-13-3-1-11(7-15(13)19)9-21-5-6-22-10-12-2-4-14(18)16(20)8-12/h1-4,7-8,21-22H,5-6,9-10H2. The average Bonchev–Trinajstić information content (AvgIpc) is 2.50. The molecule has 0 aliphatic rings. The van der Waals surface area contributed by atoms with Gasteiger partial charge in [-0.25, -0.2) is 17.6 Å². The van der Waals surface area contributed by atoms with Crippen LogP contribution in [0.15, 0.2) is 36.4 Å². The summed E-state index contributed by atoms with van der Waals surface area (Å²) in [7, 11) is 0. The van der Waals surface area contributed by atoms with Crippen LogP contribution < -0.4 is 10.6 Å². The van der Waals surface area contributed by atoms with E-state index < -0.39 is 23.3 Å². The van der Waals surface area contributed by atoms with Gasteiger partial charge in [0.2, 0.25) is 0 Å². The van der Waals surface area contributed by atoms with Crippen molar-refractivity contribution in [1.29, 1.82) is 0 Å². The Bertz CT molecular complexity index is 576. The van der Waals surface area contributed by atoms with Crippen molar-refractivity contribution in [1.82, 2.24) is 10.6 Å². The highest BCUT2D eigenvalue weighted by Gasteiger charge is 2.03. The Morgan fingerprint density at radius 3 is 1.36 bits per heavy atom. The third-order valence-corrected chi connectivity index (χ3v) is 3.10. The lowest BCUT2D eigenvalue weighted by molar-refractivity contribution is 0.504. The molecule has 2 nitrogen and oxygen atoms in total. The highest BCUT2D eigenvalue weighted by molar-refractivity contribution is 5.18. The lowest BCUT2D eigenvalue weighted by Crippen LogP contribution is -2.26. The fourth-order valence-electron chi connectivity index (χ4n) is 1.94. The van der Waals surface area contributed by atoms with E-state index in [1.807, 2.05) is 0 Å². The van der Waals surface area contributed by atoms with Crippen LogP contribution in [-0.4, -0.2) is 13.1 Å². The van der Waals surface area contributed by atoms with Gasteiger partial charge in [0, 0.05) is 26.2 Å². The molecule has 22 heavy (non-hydrogen) atoms. The maximum absolute atomic E-state index is 13.0. The van der Waals surface area contributed by atoms with E-state index in [9.17, 15) is 17.6 Å². The predicted octanol–water partition coefficient (Wildman–Crippen LogP) is 3.12. The molecule has 118 valence electrons. The Kier molecular flexibility index (Phi) is 5.91. The Labute approximate surface area is 126 Å². The zero-order valence-electron chi connectivity index (χ0n) is 11.8. The van der Waals surface area contributed by atoms with Crippen LogP contribution in [0, 0.1) is 23.3 Å². The summed E-state index contributed by atoms with van der Waals surface area (Å²) < 4.78 is 51.5. The van der Waals surface area contributed by atoms with Gasteiger partial charge in [0.1, 0.15) is 0 Å². The molecule has 0 saturated heterocycles. The highest BCUT2D eigenvalue weighted by Crippen LogP contribution is 2.09. The second-order valence-corrected chi connectivity index (χ2v) is 4.85. The van der Waals surface area contributed by atoms with Crippen molar-refractivity contribution in [3.05, 3.63) is 70.8 Å². The van der Waals surface area contributed by atoms with Gasteiger partial charge in [-0.2, -0.15) is 0 Å². The molecule has 0 bridgehead atoms. The molecule has 0 saturated carbocycles. The summed E-state index contributed by atoms with van der Waals surface area (Å²) >= 11 is 0. The number of halogens is 4. The Hall–Kier alpha value is -1.92. The third-order valence-electron chi connectivity index (χ3n) is 3.10. The predicted molar refractivity (Wildman–Crippen MR) is 76.1 cm³/mol. The molecular formula is C16H16F4N2. The van der Waals surface area contributed by atoms with E-state index in [-0.39, 0.29) is 0 Å². The van der Waals surface area contributed by atoms with Crippen molar-refractivity contribution in [3.8, 4) is 0 Å². The van der Waals surface area contributed by atoms with Crippen LogP contribution in [0.1, 0.15) is 11.1 Å². The minimum absolute atomic E-state index is 0.421. The van der Waals surface area contributed by atoms with Crippen molar-refractivity contribution in [3.63, 3.8) is 0 Å². The van der Waals surface area contributed by atoms with E-state index in [0.717, 1.165) is 24.3 Å². The lowest BCUT2D eigenvalue weighted by atomic mass is 10.2. The SMILES string of the molecule is Fc1ccc(CNCCNCc2ccc(F)c(F)c2)cc1F. The van der Waals surface area contributed by atoms with E-state index in [4.69, 9.17) is 0 Å². The van der Waals surface area contributed by atoms with Crippen molar-refractivity contribution >= 4 is 0 Å². The second kappa shape index (κ2) is 7.91. The molecule has 0 aliphatic heterocycles. The minimum atomic E-state index is -0.865. The first-order valence-corrected chi connectivity index (χ1v) is 6.85. The first kappa shape index (κ1) is 16.5. The van der Waals surface area contributed by atoms with Gasteiger partial charge in [-0.15, -0.1) is 0 Å². The molecule has 2 N–H and O–H groups in total. The van der Waals surface area contributed by atoms with Crippen LogP contribution in [-0.2, 0) is 13.1 Å². The Balaban J connectivity index is 1.65. The van der Waals surface area contributed by atoms with Gasteiger partial charge in [0.25, 0.3) is 0 Å². The van der Waals surface area contributed by atoms with Gasteiger partial charge < -0.3 is 10.6 Å². The van der Waals surface area contributed by atoms with Crippen molar-refractivity contribution in [2.75, 3.05) is 13.1 Å². The molecule has 0 amide bonds. The fourth-order valence-corrected chi connectivity index (χ4v) is 1.94. The third kappa shape index (κ3) is 4.82. The monoisotopic (exact) mass is 312 g/mol. The van der Waals surface area contributed by atoms with Crippen LogP contribution in [0.2, 0.25) is 0 Å². The Morgan fingerprint density at radius 2 is 1.00 bits per heavy atom. The molecule has 2 rings (SSSR count). The van der Waals surface area contributed by atoms with Gasteiger partial charge in [-0.1, -0.05) is 12.1 Å². The molecule has 0 aromatic heterocycles. The van der Waals surface area contributed by atoms with Gasteiger partial charge >= 0.3 is 0 Å². The average molecular weight is 312 g/mol. The van der Waals surface area contributed by atoms with Crippen LogP contribution in [0.5, 0.6) is 0 Å². The molecule has 2 aromatic carbocycles. The largest absolute Gasteiger partial charge is 0.311 e. The second-order valence-electron chi connectivity index (χ2n) is 4.85. The van der Waals surface area contributed by atoms with Crippen LogP contribution in [0.4, 0.5) is 17.6 Å². The summed E-state index contributed by atoms with van der Waals surface area (Å²) in [6.45, 7) is 2.04. The van der Waals surface area contributed by atoms with Gasteiger partial charge in [-0.05, 0) is 35.4 Å². The van der Waals surface area contributed by atoms with Crippen LogP contribution in [0.25, 0.3) is 0 Å². The number of benzene rings is 2. The number of rotatable bonds is 7. The maximum atomic E-state index is 13.0. The summed E-state index contributed by atoms with van der Waals surface area (Å²) in [5.41, 5.74) is 1.30. The summed E-state index contributed by atoms with van der Waals surface area (Å²) in [4.78, 5) is 0. The van der Waals surface area contributed by atoms with E-state index in [0.29, 0.717) is 37.3 Å². The van der Waals surface area contributed by atoms with E-state index in [1.54, 1.807) is 0 Å². The summed E-state index contributed by atoms with van der Waals surface area (Å²) in [5, 5.41) is 6.14. The van der Waals surface area contributed by atoms with Gasteiger partial charge in [-0.3, -0.25) is 0 Å². The molecule has 0 radical (unpaired) electrons. The molecule has 0 aliphatic carbocycles. The number of nitrogens with one attached hydrogen (secondary N) is 2. The highest BCUT2D eigenvalue weighted by atomic mass is 19.2. The van der Waals surface area contributed by atoms with Crippen molar-refractivity contribution in [2.45, 2.75) is 13.1 Å². The van der Waals surface area contributed by atoms with Crippen molar-refractivity contribution in [2.24, 2.45) is 0 Å². The topological polar surface area (TPSA) is 24.1 Å². The molecule has 0 spiro atoms. The normalized spacial score (nSPS) is 10.9. The molecule has 0 unspecified atom stereocenters. The molecular weight excluding hydrogens is 296 g/mol. The zero-order valence-corrected chi connectivity index (χ0v) is 11.8. The first-order chi connectivity index (χ1) is 10.6. The quantitative estimate of drug-likeness (QED) is 0.606. The zero-order chi connectivity index (χ0) is 15.9. The summed E-state index contributed by atoms with van der Waals surface area (Å²) in [6.07, 6.45) is 0. The number of hydrogen-bond acceptors (Lipinski definition) is 2. The van der Waals surface area contributed by atoms with Crippen LogP contribution >= 0.6 is 0 Å². The Morgan fingerprint density at radius 1 is 0.591 bits per heavy atom. The van der Waals surface area contributed by atoms with Crippen molar-refractivity contribution < 1.29 is 17.6 Å². The summed E-state index contributed by atoms with van der Waals surface area (Å²) in [6, 6.07) is 7.51. The summed E-state index contributed by atoms with van der Waals surface area (Å²) in [5.74, 6) is -3.46. The van der Waals surface area contributed by atoms with Gasteiger partial charge in [0.15, 0.2) is 23.3 Å². The molecule has 0 fully saturated rings. The van der Waals surface area contributed by atoms with E-state index in [2.05, 4.69) is 10.6 Å². The fraction of sp³-hybridized carbons (Fsp3) is 0.250. The van der Waals surface area contributed by atoms with Gasteiger partial charge in [0.05, 0.1) is 0 Å². The molecule has 6 heteroatoms. The minimum Gasteiger partial charge on any atom is -0.311 e. The maximum Gasteiger partial charge on any atom is 0.159 e. The lowest BCUT2D eigenvalue weighted by Gasteiger charge is -2.07. The van der Waals surface area contributed by atoms with Crippen LogP contribution in [0.3, 0.4) is 0 Å².